The van der Waals surface area contributed by atoms with E-state index in [9.17, 15) is 9.18 Å². The van der Waals surface area contributed by atoms with Gasteiger partial charge in [-0.05, 0) is 35.4 Å². The molecule has 2 aromatic carbocycles. The Balaban J connectivity index is 1.59. The Morgan fingerprint density at radius 2 is 1.92 bits per heavy atom. The lowest BCUT2D eigenvalue weighted by Gasteiger charge is -2.10. The highest BCUT2D eigenvalue weighted by Crippen LogP contribution is 2.45. The quantitative estimate of drug-likeness (QED) is 0.862. The first-order valence-corrected chi connectivity index (χ1v) is 9.71. The average Bonchev–Trinajstić information content (AvgIpc) is 3.14. The topological polar surface area (TPSA) is 38.3 Å². The standard InChI is InChI=1S/C18H18FNO2S2/c1-22-16-7-2-12(10-15(16)19)11-20-17(21)13-3-5-14(6-4-13)18-23-8-9-24-18/h2-7,10,18H,8-9,11H2,1H3,(H,20,21). The number of rotatable bonds is 5. The van der Waals surface area contributed by atoms with Gasteiger partial charge in [0.25, 0.3) is 5.91 Å². The van der Waals surface area contributed by atoms with Gasteiger partial charge in [0, 0.05) is 23.6 Å². The number of benzene rings is 2. The first-order valence-electron chi connectivity index (χ1n) is 7.61. The van der Waals surface area contributed by atoms with Crippen molar-refractivity contribution >= 4 is 29.4 Å². The molecule has 0 bridgehead atoms. The Hall–Kier alpha value is -1.66. The molecule has 126 valence electrons. The summed E-state index contributed by atoms with van der Waals surface area (Å²) in [5.41, 5.74) is 2.55. The minimum Gasteiger partial charge on any atom is -0.494 e. The Morgan fingerprint density at radius 3 is 2.54 bits per heavy atom. The highest BCUT2D eigenvalue weighted by Gasteiger charge is 2.18. The van der Waals surface area contributed by atoms with Crippen LogP contribution in [0.3, 0.4) is 0 Å². The maximum absolute atomic E-state index is 13.6. The molecule has 0 aromatic heterocycles. The molecule has 24 heavy (non-hydrogen) atoms. The number of methoxy groups -OCH3 is 1. The van der Waals surface area contributed by atoms with Crippen LogP contribution in [-0.2, 0) is 6.54 Å². The molecule has 0 unspecified atom stereocenters. The summed E-state index contributed by atoms with van der Waals surface area (Å²) in [5.74, 6) is 1.96. The number of thioether (sulfide) groups is 2. The molecular formula is C18H18FNO2S2. The third kappa shape index (κ3) is 4.05. The van der Waals surface area contributed by atoms with Crippen molar-refractivity contribution in [3.05, 3.63) is 65.0 Å². The van der Waals surface area contributed by atoms with E-state index in [1.165, 1.54) is 30.2 Å². The summed E-state index contributed by atoms with van der Waals surface area (Å²) in [4.78, 5) is 12.2. The van der Waals surface area contributed by atoms with Crippen molar-refractivity contribution in [2.45, 2.75) is 11.1 Å². The summed E-state index contributed by atoms with van der Waals surface area (Å²) in [6, 6.07) is 12.4. The Bertz CT molecular complexity index is 715. The van der Waals surface area contributed by atoms with Gasteiger partial charge in [-0.3, -0.25) is 4.79 Å². The smallest absolute Gasteiger partial charge is 0.251 e. The van der Waals surface area contributed by atoms with Gasteiger partial charge in [0.15, 0.2) is 11.6 Å². The lowest BCUT2D eigenvalue weighted by atomic mass is 10.1. The summed E-state index contributed by atoms with van der Waals surface area (Å²) < 4.78 is 19.0. The van der Waals surface area contributed by atoms with E-state index in [2.05, 4.69) is 5.32 Å². The summed E-state index contributed by atoms with van der Waals surface area (Å²) in [7, 11) is 1.42. The van der Waals surface area contributed by atoms with Crippen LogP contribution < -0.4 is 10.1 Å². The van der Waals surface area contributed by atoms with Gasteiger partial charge in [0.05, 0.1) is 11.7 Å². The Morgan fingerprint density at radius 1 is 1.21 bits per heavy atom. The van der Waals surface area contributed by atoms with Crippen LogP contribution in [0.1, 0.15) is 26.1 Å². The molecule has 1 aliphatic heterocycles. The predicted octanol–water partition coefficient (Wildman–Crippen LogP) is 4.24. The molecule has 0 saturated carbocycles. The molecule has 1 fully saturated rings. The van der Waals surface area contributed by atoms with E-state index in [1.54, 1.807) is 12.1 Å². The fraction of sp³-hybridized carbons (Fsp3) is 0.278. The summed E-state index contributed by atoms with van der Waals surface area (Å²) >= 11 is 3.88. The molecule has 1 heterocycles. The highest BCUT2D eigenvalue weighted by atomic mass is 32.2. The van der Waals surface area contributed by atoms with Crippen LogP contribution in [0.25, 0.3) is 0 Å². The van der Waals surface area contributed by atoms with Crippen molar-refractivity contribution in [3.8, 4) is 5.75 Å². The van der Waals surface area contributed by atoms with Crippen molar-refractivity contribution in [2.75, 3.05) is 18.6 Å². The van der Waals surface area contributed by atoms with Gasteiger partial charge in [0.1, 0.15) is 0 Å². The first kappa shape index (κ1) is 17.2. The van der Waals surface area contributed by atoms with E-state index in [-0.39, 0.29) is 18.2 Å². The molecule has 2 aromatic rings. The average molecular weight is 363 g/mol. The van der Waals surface area contributed by atoms with Crippen molar-refractivity contribution in [1.29, 1.82) is 0 Å². The normalized spacial score (nSPS) is 14.6. The molecule has 1 N–H and O–H groups in total. The second-order valence-electron chi connectivity index (χ2n) is 5.35. The van der Waals surface area contributed by atoms with Gasteiger partial charge in [-0.25, -0.2) is 4.39 Å². The van der Waals surface area contributed by atoms with E-state index in [0.717, 1.165) is 0 Å². The zero-order chi connectivity index (χ0) is 16.9. The lowest BCUT2D eigenvalue weighted by Crippen LogP contribution is -2.22. The van der Waals surface area contributed by atoms with E-state index in [4.69, 9.17) is 4.74 Å². The van der Waals surface area contributed by atoms with Crippen LogP contribution in [0, 0.1) is 5.82 Å². The van der Waals surface area contributed by atoms with Gasteiger partial charge in [-0.15, -0.1) is 23.5 Å². The molecule has 0 radical (unpaired) electrons. The molecule has 1 aliphatic rings. The maximum atomic E-state index is 13.6. The van der Waals surface area contributed by atoms with E-state index < -0.39 is 5.82 Å². The number of nitrogens with one attached hydrogen (secondary N) is 1. The highest BCUT2D eigenvalue weighted by molar-refractivity contribution is 8.19. The van der Waals surface area contributed by atoms with Crippen LogP contribution in [0.4, 0.5) is 4.39 Å². The molecule has 6 heteroatoms. The summed E-state index contributed by atoms with van der Waals surface area (Å²) in [6.07, 6.45) is 0. The van der Waals surface area contributed by atoms with Gasteiger partial charge in [0.2, 0.25) is 0 Å². The zero-order valence-electron chi connectivity index (χ0n) is 13.3. The van der Waals surface area contributed by atoms with Gasteiger partial charge < -0.3 is 10.1 Å². The van der Waals surface area contributed by atoms with Gasteiger partial charge in [-0.2, -0.15) is 0 Å². The number of amides is 1. The molecule has 1 saturated heterocycles. The van der Waals surface area contributed by atoms with Crippen LogP contribution >= 0.6 is 23.5 Å². The number of carbonyl (C=O) groups is 1. The molecule has 0 aliphatic carbocycles. The summed E-state index contributed by atoms with van der Waals surface area (Å²) in [6.45, 7) is 0.274. The number of ether oxygens (including phenoxy) is 1. The van der Waals surface area contributed by atoms with Crippen LogP contribution in [0.5, 0.6) is 5.75 Å². The minimum atomic E-state index is -0.430. The van der Waals surface area contributed by atoms with Crippen LogP contribution in [-0.4, -0.2) is 24.5 Å². The maximum Gasteiger partial charge on any atom is 0.251 e. The van der Waals surface area contributed by atoms with Crippen molar-refractivity contribution < 1.29 is 13.9 Å². The van der Waals surface area contributed by atoms with Crippen LogP contribution in [0.2, 0.25) is 0 Å². The fourth-order valence-corrected chi connectivity index (χ4v) is 5.31. The second kappa shape index (κ2) is 7.94. The molecule has 3 nitrogen and oxygen atoms in total. The minimum absolute atomic E-state index is 0.162. The van der Waals surface area contributed by atoms with E-state index >= 15 is 0 Å². The number of hydrogen-bond donors (Lipinski definition) is 1. The van der Waals surface area contributed by atoms with Crippen molar-refractivity contribution in [2.24, 2.45) is 0 Å². The van der Waals surface area contributed by atoms with E-state index in [0.29, 0.717) is 15.7 Å². The molecule has 0 spiro atoms. The SMILES string of the molecule is COc1ccc(CNC(=O)c2ccc(C3SCCS3)cc2)cc1F. The van der Waals surface area contributed by atoms with Gasteiger partial charge >= 0.3 is 0 Å². The molecule has 0 atom stereocenters. The Kier molecular flexibility index (Phi) is 5.68. The molecule has 1 amide bonds. The monoisotopic (exact) mass is 363 g/mol. The van der Waals surface area contributed by atoms with Crippen molar-refractivity contribution in [1.82, 2.24) is 5.32 Å². The van der Waals surface area contributed by atoms with E-state index in [1.807, 2.05) is 47.8 Å². The number of halogens is 1. The van der Waals surface area contributed by atoms with Crippen LogP contribution in [0.15, 0.2) is 42.5 Å². The van der Waals surface area contributed by atoms with Gasteiger partial charge in [-0.1, -0.05) is 18.2 Å². The molecular weight excluding hydrogens is 345 g/mol. The first-order chi connectivity index (χ1) is 11.7. The number of carbonyl (C=O) groups excluding carboxylic acids is 1. The largest absolute Gasteiger partial charge is 0.494 e. The van der Waals surface area contributed by atoms with Crippen molar-refractivity contribution in [3.63, 3.8) is 0 Å². The zero-order valence-corrected chi connectivity index (χ0v) is 14.9. The predicted molar refractivity (Wildman–Crippen MR) is 98.2 cm³/mol. The Labute approximate surface area is 149 Å². The second-order valence-corrected chi connectivity index (χ2v) is 8.07. The third-order valence-corrected chi connectivity index (χ3v) is 6.84. The molecule has 3 rings (SSSR count). The fourth-order valence-electron chi connectivity index (χ4n) is 2.45. The number of hydrogen-bond acceptors (Lipinski definition) is 4. The third-order valence-electron chi connectivity index (χ3n) is 3.74. The summed E-state index contributed by atoms with van der Waals surface area (Å²) in [5, 5.41) is 2.81. The lowest BCUT2D eigenvalue weighted by molar-refractivity contribution is 0.0951.